The summed E-state index contributed by atoms with van der Waals surface area (Å²) in [5.74, 6) is -1.36. The molecule has 6 heteroatoms. The number of hydrogen-bond acceptors (Lipinski definition) is 4. The van der Waals surface area contributed by atoms with Crippen LogP contribution in [0.15, 0.2) is 0 Å². The lowest BCUT2D eigenvalue weighted by molar-refractivity contribution is -0.152. The molecule has 0 aliphatic carbocycles. The third kappa shape index (κ3) is 2.58. The number of likely N-dealkylation sites (tertiary alicyclic amines) is 1. The highest BCUT2D eigenvalue weighted by atomic mass is 16.4. The standard InChI is InChI=1S/C11H20N2O4/c1-3-11(2,6-12)10(17)13-5-7(14)4-8(13)9(15)16/h7-8,14H,3-6,12H2,1-2H3,(H,15,16)/t7-,8+,11?/m1/s1. The Morgan fingerprint density at radius 2 is 2.12 bits per heavy atom. The Morgan fingerprint density at radius 1 is 1.53 bits per heavy atom. The highest BCUT2D eigenvalue weighted by molar-refractivity contribution is 5.88. The van der Waals surface area contributed by atoms with Gasteiger partial charge < -0.3 is 20.8 Å². The van der Waals surface area contributed by atoms with Crippen molar-refractivity contribution >= 4 is 11.9 Å². The highest BCUT2D eigenvalue weighted by Crippen LogP contribution is 2.28. The molecule has 1 rings (SSSR count). The Labute approximate surface area is 100 Å². The predicted octanol–water partition coefficient (Wildman–Crippen LogP) is -0.592. The molecule has 3 atom stereocenters. The van der Waals surface area contributed by atoms with Crippen molar-refractivity contribution < 1.29 is 19.8 Å². The molecular formula is C11H20N2O4. The van der Waals surface area contributed by atoms with Crippen LogP contribution in [0.2, 0.25) is 0 Å². The summed E-state index contributed by atoms with van der Waals surface area (Å²) in [6.07, 6.45) is -0.133. The summed E-state index contributed by atoms with van der Waals surface area (Å²) in [5.41, 5.74) is 4.83. The van der Waals surface area contributed by atoms with E-state index < -0.39 is 23.5 Å². The van der Waals surface area contributed by atoms with Crippen molar-refractivity contribution in [1.82, 2.24) is 4.90 Å². The monoisotopic (exact) mass is 244 g/mol. The number of rotatable bonds is 4. The fourth-order valence-electron chi connectivity index (χ4n) is 2.00. The number of nitrogens with two attached hydrogens (primary N) is 1. The molecule has 1 unspecified atom stereocenters. The van der Waals surface area contributed by atoms with Gasteiger partial charge in [-0.15, -0.1) is 0 Å². The molecule has 0 aromatic heterocycles. The molecule has 0 radical (unpaired) electrons. The largest absolute Gasteiger partial charge is 0.480 e. The van der Waals surface area contributed by atoms with E-state index in [-0.39, 0.29) is 25.4 Å². The lowest BCUT2D eigenvalue weighted by atomic mass is 9.86. The molecule has 0 spiro atoms. The van der Waals surface area contributed by atoms with E-state index in [4.69, 9.17) is 10.8 Å². The van der Waals surface area contributed by atoms with E-state index in [1.54, 1.807) is 6.92 Å². The van der Waals surface area contributed by atoms with E-state index in [9.17, 15) is 14.7 Å². The molecule has 0 aromatic rings. The van der Waals surface area contributed by atoms with Gasteiger partial charge in [0.15, 0.2) is 0 Å². The number of carboxylic acids is 1. The molecule has 1 saturated heterocycles. The van der Waals surface area contributed by atoms with Crippen molar-refractivity contribution in [1.29, 1.82) is 0 Å². The molecule has 1 aliphatic heterocycles. The number of carboxylic acid groups (broad SMARTS) is 1. The maximum absolute atomic E-state index is 12.3. The van der Waals surface area contributed by atoms with Crippen molar-refractivity contribution in [2.75, 3.05) is 13.1 Å². The van der Waals surface area contributed by atoms with Crippen molar-refractivity contribution in [3.63, 3.8) is 0 Å². The van der Waals surface area contributed by atoms with Crippen LogP contribution in [0.4, 0.5) is 0 Å². The SMILES string of the molecule is CCC(C)(CN)C(=O)N1C[C@H](O)C[C@H]1C(=O)O. The molecule has 0 saturated carbocycles. The molecule has 1 aliphatic rings. The predicted molar refractivity (Wildman–Crippen MR) is 61.2 cm³/mol. The van der Waals surface area contributed by atoms with Gasteiger partial charge in [-0.1, -0.05) is 6.92 Å². The molecule has 98 valence electrons. The number of carbonyl (C=O) groups excluding carboxylic acids is 1. The van der Waals surface area contributed by atoms with Crippen LogP contribution in [0.3, 0.4) is 0 Å². The first kappa shape index (κ1) is 13.9. The van der Waals surface area contributed by atoms with Crippen molar-refractivity contribution in [2.45, 2.75) is 38.8 Å². The number of aliphatic hydroxyl groups excluding tert-OH is 1. The first-order valence-electron chi connectivity index (χ1n) is 5.77. The maximum Gasteiger partial charge on any atom is 0.326 e. The van der Waals surface area contributed by atoms with Gasteiger partial charge >= 0.3 is 5.97 Å². The van der Waals surface area contributed by atoms with Crippen LogP contribution >= 0.6 is 0 Å². The fraction of sp³-hybridized carbons (Fsp3) is 0.818. The van der Waals surface area contributed by atoms with Crippen LogP contribution in [0.25, 0.3) is 0 Å². The first-order chi connectivity index (χ1) is 7.85. The summed E-state index contributed by atoms with van der Waals surface area (Å²) < 4.78 is 0. The van der Waals surface area contributed by atoms with Crippen molar-refractivity contribution in [3.8, 4) is 0 Å². The van der Waals surface area contributed by atoms with E-state index in [0.29, 0.717) is 6.42 Å². The minimum atomic E-state index is -1.08. The molecular weight excluding hydrogens is 224 g/mol. The van der Waals surface area contributed by atoms with Gasteiger partial charge in [-0.2, -0.15) is 0 Å². The number of hydrogen-bond donors (Lipinski definition) is 3. The highest BCUT2D eigenvalue weighted by Gasteiger charge is 2.44. The van der Waals surface area contributed by atoms with E-state index in [2.05, 4.69) is 0 Å². The average Bonchev–Trinajstić information content (AvgIpc) is 2.69. The van der Waals surface area contributed by atoms with Gasteiger partial charge in [0.2, 0.25) is 5.91 Å². The topological polar surface area (TPSA) is 104 Å². The summed E-state index contributed by atoms with van der Waals surface area (Å²) >= 11 is 0. The number of aliphatic carboxylic acids is 1. The van der Waals surface area contributed by atoms with E-state index in [0.717, 1.165) is 0 Å². The van der Waals surface area contributed by atoms with Gasteiger partial charge in [0.25, 0.3) is 0 Å². The van der Waals surface area contributed by atoms with Crippen molar-refractivity contribution in [2.24, 2.45) is 11.1 Å². The van der Waals surface area contributed by atoms with Crippen LogP contribution in [-0.2, 0) is 9.59 Å². The zero-order valence-corrected chi connectivity index (χ0v) is 10.2. The lowest BCUT2D eigenvalue weighted by Crippen LogP contribution is -2.50. The Bertz CT molecular complexity index is 315. The third-order valence-electron chi connectivity index (χ3n) is 3.57. The zero-order chi connectivity index (χ0) is 13.2. The van der Waals surface area contributed by atoms with Gasteiger partial charge in [0.1, 0.15) is 6.04 Å². The smallest absolute Gasteiger partial charge is 0.326 e. The second kappa shape index (κ2) is 5.01. The molecule has 6 nitrogen and oxygen atoms in total. The summed E-state index contributed by atoms with van der Waals surface area (Å²) in [6, 6.07) is -0.935. The summed E-state index contributed by atoms with van der Waals surface area (Å²) in [5, 5.41) is 18.5. The Balaban J connectivity index is 2.91. The zero-order valence-electron chi connectivity index (χ0n) is 10.2. The molecule has 1 amide bonds. The summed E-state index contributed by atoms with van der Waals surface area (Å²) in [7, 11) is 0. The molecule has 1 heterocycles. The Kier molecular flexibility index (Phi) is 4.11. The van der Waals surface area contributed by atoms with Crippen LogP contribution in [0.1, 0.15) is 26.7 Å². The van der Waals surface area contributed by atoms with Crippen LogP contribution in [-0.4, -0.2) is 52.2 Å². The summed E-state index contributed by atoms with van der Waals surface area (Å²) in [6.45, 7) is 3.80. The second-order valence-electron chi connectivity index (χ2n) is 4.82. The second-order valence-corrected chi connectivity index (χ2v) is 4.82. The van der Waals surface area contributed by atoms with E-state index in [1.165, 1.54) is 4.90 Å². The summed E-state index contributed by atoms with van der Waals surface area (Å²) in [4.78, 5) is 24.5. The van der Waals surface area contributed by atoms with Gasteiger partial charge in [-0.3, -0.25) is 4.79 Å². The average molecular weight is 244 g/mol. The first-order valence-corrected chi connectivity index (χ1v) is 5.77. The molecule has 4 N–H and O–H groups in total. The maximum atomic E-state index is 12.3. The molecule has 0 aromatic carbocycles. The molecule has 1 fully saturated rings. The number of nitrogens with zero attached hydrogens (tertiary/aromatic N) is 1. The Morgan fingerprint density at radius 3 is 2.53 bits per heavy atom. The van der Waals surface area contributed by atoms with Crippen LogP contribution in [0, 0.1) is 5.41 Å². The minimum Gasteiger partial charge on any atom is -0.480 e. The fourth-order valence-corrected chi connectivity index (χ4v) is 2.00. The van der Waals surface area contributed by atoms with E-state index in [1.807, 2.05) is 6.92 Å². The van der Waals surface area contributed by atoms with E-state index >= 15 is 0 Å². The van der Waals surface area contributed by atoms with Gasteiger partial charge in [0.05, 0.1) is 11.5 Å². The van der Waals surface area contributed by atoms with Gasteiger partial charge in [-0.05, 0) is 13.3 Å². The van der Waals surface area contributed by atoms with Gasteiger partial charge in [-0.25, -0.2) is 4.79 Å². The molecule has 0 bridgehead atoms. The van der Waals surface area contributed by atoms with Crippen LogP contribution in [0.5, 0.6) is 0 Å². The number of amides is 1. The number of β-amino-alcohol motifs (C(OH)–C–C–N with tert-alkyl or cyclic N) is 1. The quantitative estimate of drug-likeness (QED) is 0.613. The Hall–Kier alpha value is -1.14. The number of aliphatic hydroxyl groups is 1. The van der Waals surface area contributed by atoms with Crippen molar-refractivity contribution in [3.05, 3.63) is 0 Å². The minimum absolute atomic E-state index is 0.0748. The third-order valence-corrected chi connectivity index (χ3v) is 3.57. The lowest BCUT2D eigenvalue weighted by Gasteiger charge is -2.32. The molecule has 17 heavy (non-hydrogen) atoms. The van der Waals surface area contributed by atoms with Gasteiger partial charge in [0, 0.05) is 19.5 Å². The normalized spacial score (nSPS) is 27.9. The van der Waals surface area contributed by atoms with Crippen LogP contribution < -0.4 is 5.73 Å². The number of carbonyl (C=O) groups is 2.